The van der Waals surface area contributed by atoms with Gasteiger partial charge in [0.2, 0.25) is 5.76 Å². The number of nitrogens with one attached hydrogen (secondary N) is 1. The van der Waals surface area contributed by atoms with Gasteiger partial charge in [0, 0.05) is 17.8 Å². The van der Waals surface area contributed by atoms with Crippen molar-refractivity contribution in [1.82, 2.24) is 0 Å². The normalized spacial score (nSPS) is 10.1. The number of benzene rings is 1. The van der Waals surface area contributed by atoms with E-state index in [-0.39, 0.29) is 11.4 Å². The first kappa shape index (κ1) is 12.6. The third-order valence-electron chi connectivity index (χ3n) is 2.42. The van der Waals surface area contributed by atoms with Crippen molar-refractivity contribution in [3.05, 3.63) is 58.0 Å². The third kappa shape index (κ3) is 3.09. The summed E-state index contributed by atoms with van der Waals surface area (Å²) in [6.45, 7) is 0.297. The van der Waals surface area contributed by atoms with E-state index in [0.717, 1.165) is 0 Å². The molecule has 19 heavy (non-hydrogen) atoms. The first-order valence-electron chi connectivity index (χ1n) is 5.36. The van der Waals surface area contributed by atoms with E-state index in [1.54, 1.807) is 18.2 Å². The van der Waals surface area contributed by atoms with Crippen molar-refractivity contribution in [3.8, 4) is 0 Å². The minimum atomic E-state index is -1.12. The molecule has 0 aliphatic rings. The van der Waals surface area contributed by atoms with Crippen LogP contribution in [0.3, 0.4) is 0 Å². The highest BCUT2D eigenvalue weighted by atomic mass is 16.6. The quantitative estimate of drug-likeness (QED) is 0.633. The monoisotopic (exact) mass is 262 g/mol. The standard InChI is InChI=1S/C12H10N2O5/c15-12(16)11-6-5-10(19-11)7-13-8-1-3-9(4-2-8)14(17)18/h1-6,13H,7H2,(H,15,16). The molecule has 0 atom stereocenters. The SMILES string of the molecule is O=C(O)c1ccc(CNc2ccc([N+](=O)[O-])cc2)o1. The van der Waals surface area contributed by atoms with Crippen molar-refractivity contribution < 1.29 is 19.2 Å². The van der Waals surface area contributed by atoms with Gasteiger partial charge in [0.25, 0.3) is 5.69 Å². The van der Waals surface area contributed by atoms with E-state index < -0.39 is 10.9 Å². The summed E-state index contributed by atoms with van der Waals surface area (Å²) >= 11 is 0. The number of furan rings is 1. The molecule has 1 aromatic heterocycles. The number of anilines is 1. The van der Waals surface area contributed by atoms with E-state index in [1.165, 1.54) is 18.2 Å². The van der Waals surface area contributed by atoms with Crippen LogP contribution in [0.1, 0.15) is 16.3 Å². The lowest BCUT2D eigenvalue weighted by Crippen LogP contribution is -1.98. The van der Waals surface area contributed by atoms with E-state index in [1.807, 2.05) is 0 Å². The molecule has 2 aromatic rings. The molecule has 0 aliphatic heterocycles. The molecule has 0 radical (unpaired) electrons. The van der Waals surface area contributed by atoms with Gasteiger partial charge in [-0.25, -0.2) is 4.79 Å². The number of carbonyl (C=O) groups is 1. The van der Waals surface area contributed by atoms with Crippen molar-refractivity contribution in [2.45, 2.75) is 6.54 Å². The van der Waals surface area contributed by atoms with Gasteiger partial charge in [-0.05, 0) is 24.3 Å². The minimum Gasteiger partial charge on any atom is -0.475 e. The molecule has 7 heteroatoms. The van der Waals surface area contributed by atoms with Crippen LogP contribution in [0.25, 0.3) is 0 Å². The van der Waals surface area contributed by atoms with E-state index in [0.29, 0.717) is 18.0 Å². The molecule has 98 valence electrons. The van der Waals surface area contributed by atoms with Gasteiger partial charge in [-0.3, -0.25) is 10.1 Å². The van der Waals surface area contributed by atoms with Gasteiger partial charge in [-0.2, -0.15) is 0 Å². The predicted octanol–water partition coefficient (Wildman–Crippen LogP) is 2.50. The van der Waals surface area contributed by atoms with Crippen LogP contribution in [0, 0.1) is 10.1 Å². The molecule has 0 unspecified atom stereocenters. The molecular formula is C12H10N2O5. The molecule has 2 N–H and O–H groups in total. The van der Waals surface area contributed by atoms with Crippen molar-refractivity contribution >= 4 is 17.3 Å². The second-order valence-electron chi connectivity index (χ2n) is 3.73. The molecule has 1 aromatic carbocycles. The largest absolute Gasteiger partial charge is 0.475 e. The molecule has 0 amide bonds. The summed E-state index contributed by atoms with van der Waals surface area (Å²) in [5.41, 5.74) is 0.690. The molecule has 0 bridgehead atoms. The zero-order valence-corrected chi connectivity index (χ0v) is 9.70. The smallest absolute Gasteiger partial charge is 0.371 e. The van der Waals surface area contributed by atoms with Gasteiger partial charge in [0.1, 0.15) is 5.76 Å². The number of rotatable bonds is 5. The number of nitro groups is 1. The molecule has 0 saturated heterocycles. The van der Waals surface area contributed by atoms with Gasteiger partial charge >= 0.3 is 5.97 Å². The first-order valence-corrected chi connectivity index (χ1v) is 5.36. The number of non-ortho nitro benzene ring substituents is 1. The second kappa shape index (κ2) is 5.21. The Balaban J connectivity index is 1.97. The van der Waals surface area contributed by atoms with E-state index >= 15 is 0 Å². The summed E-state index contributed by atoms with van der Waals surface area (Å²) in [6.07, 6.45) is 0. The maximum absolute atomic E-state index is 10.6. The van der Waals surface area contributed by atoms with Crippen LogP contribution < -0.4 is 5.32 Å². The zero-order valence-electron chi connectivity index (χ0n) is 9.70. The Morgan fingerprint density at radius 2 is 1.95 bits per heavy atom. The minimum absolute atomic E-state index is 0.0108. The highest BCUT2D eigenvalue weighted by Gasteiger charge is 2.09. The molecule has 2 rings (SSSR count). The van der Waals surface area contributed by atoms with Crippen LogP contribution in [0.2, 0.25) is 0 Å². The molecule has 1 heterocycles. The maximum atomic E-state index is 10.6. The van der Waals surface area contributed by atoms with Crippen molar-refractivity contribution in [2.24, 2.45) is 0 Å². The van der Waals surface area contributed by atoms with Gasteiger partial charge in [0.05, 0.1) is 11.5 Å². The van der Waals surface area contributed by atoms with E-state index in [9.17, 15) is 14.9 Å². The first-order chi connectivity index (χ1) is 9.06. The van der Waals surface area contributed by atoms with E-state index in [4.69, 9.17) is 9.52 Å². The van der Waals surface area contributed by atoms with E-state index in [2.05, 4.69) is 5.32 Å². The summed E-state index contributed by atoms with van der Waals surface area (Å²) in [4.78, 5) is 20.6. The van der Waals surface area contributed by atoms with Crippen LogP contribution in [-0.2, 0) is 6.54 Å². The number of carboxylic acids is 1. The average Bonchev–Trinajstić information content (AvgIpc) is 2.86. The van der Waals surface area contributed by atoms with Gasteiger partial charge in [-0.1, -0.05) is 0 Å². The Kier molecular flexibility index (Phi) is 3.46. The van der Waals surface area contributed by atoms with Gasteiger partial charge < -0.3 is 14.8 Å². The predicted molar refractivity (Wildman–Crippen MR) is 66.1 cm³/mol. The lowest BCUT2D eigenvalue weighted by atomic mass is 10.3. The van der Waals surface area contributed by atoms with Gasteiger partial charge in [0.15, 0.2) is 0 Å². The average molecular weight is 262 g/mol. The molecule has 0 fully saturated rings. The van der Waals surface area contributed by atoms with Crippen LogP contribution >= 0.6 is 0 Å². The molecular weight excluding hydrogens is 252 g/mol. The number of aromatic carboxylic acids is 1. The topological polar surface area (TPSA) is 106 Å². The Morgan fingerprint density at radius 1 is 1.26 bits per heavy atom. The summed E-state index contributed by atoms with van der Waals surface area (Å²) < 4.78 is 5.06. The Morgan fingerprint density at radius 3 is 2.47 bits per heavy atom. The highest BCUT2D eigenvalue weighted by molar-refractivity contribution is 5.84. The second-order valence-corrected chi connectivity index (χ2v) is 3.73. The highest BCUT2D eigenvalue weighted by Crippen LogP contribution is 2.16. The Labute approximate surface area is 107 Å². The lowest BCUT2D eigenvalue weighted by molar-refractivity contribution is -0.384. The number of nitrogens with zero attached hydrogens (tertiary/aromatic N) is 1. The van der Waals surface area contributed by atoms with Crippen molar-refractivity contribution in [2.75, 3.05) is 5.32 Å². The van der Waals surface area contributed by atoms with Crippen LogP contribution in [-0.4, -0.2) is 16.0 Å². The Bertz CT molecular complexity index is 603. The van der Waals surface area contributed by atoms with Crippen LogP contribution in [0.4, 0.5) is 11.4 Å². The summed E-state index contributed by atoms with van der Waals surface area (Å²) in [6, 6.07) is 8.83. The molecule has 0 saturated carbocycles. The fraction of sp³-hybridized carbons (Fsp3) is 0.0833. The maximum Gasteiger partial charge on any atom is 0.371 e. The van der Waals surface area contributed by atoms with Crippen molar-refractivity contribution in [3.63, 3.8) is 0 Å². The Hall–Kier alpha value is -2.83. The van der Waals surface area contributed by atoms with Crippen LogP contribution in [0.5, 0.6) is 0 Å². The zero-order chi connectivity index (χ0) is 13.8. The fourth-order valence-corrected chi connectivity index (χ4v) is 1.48. The number of hydrogen-bond acceptors (Lipinski definition) is 5. The summed E-state index contributed by atoms with van der Waals surface area (Å²) in [5, 5.41) is 22.1. The number of hydrogen-bond donors (Lipinski definition) is 2. The number of carboxylic acid groups (broad SMARTS) is 1. The summed E-state index contributed by atoms with van der Waals surface area (Å²) in [5.74, 6) is -0.780. The lowest BCUT2D eigenvalue weighted by Gasteiger charge is -2.03. The number of nitro benzene ring substituents is 1. The molecule has 0 aliphatic carbocycles. The third-order valence-corrected chi connectivity index (χ3v) is 2.42. The molecule has 7 nitrogen and oxygen atoms in total. The van der Waals surface area contributed by atoms with Crippen molar-refractivity contribution in [1.29, 1.82) is 0 Å². The summed E-state index contributed by atoms with van der Waals surface area (Å²) in [7, 11) is 0. The molecule has 0 spiro atoms. The van der Waals surface area contributed by atoms with Crippen LogP contribution in [0.15, 0.2) is 40.8 Å². The fourth-order valence-electron chi connectivity index (χ4n) is 1.48. The van der Waals surface area contributed by atoms with Gasteiger partial charge in [-0.15, -0.1) is 0 Å².